The molecule has 0 saturated heterocycles. The Labute approximate surface area is 232 Å². The van der Waals surface area contributed by atoms with E-state index in [9.17, 15) is 67.7 Å². The van der Waals surface area contributed by atoms with Crippen LogP contribution >= 0.6 is 0 Å². The average molecular weight is 634 g/mol. The van der Waals surface area contributed by atoms with Crippen molar-refractivity contribution in [3.05, 3.63) is 12.2 Å². The minimum Gasteiger partial charge on any atom is -0.459 e. The number of carbonyl (C=O) groups excluding carboxylic acids is 1. The molecule has 4 nitrogen and oxygen atoms in total. The number of esters is 1. The van der Waals surface area contributed by atoms with E-state index in [2.05, 4.69) is 6.58 Å². The topological polar surface area (TPSA) is 66.8 Å². The Hall–Kier alpha value is -1.71. The van der Waals surface area contributed by atoms with E-state index in [-0.39, 0.29) is 17.9 Å². The van der Waals surface area contributed by atoms with Gasteiger partial charge in [-0.15, -0.1) is 0 Å². The van der Waals surface area contributed by atoms with Gasteiger partial charge >= 0.3 is 30.7 Å². The number of hydrogen-bond acceptors (Lipinski definition) is 4. The van der Waals surface area contributed by atoms with Crippen LogP contribution in [0.15, 0.2) is 12.2 Å². The Bertz CT molecular complexity index is 1020. The Morgan fingerprint density at radius 3 is 1.62 bits per heavy atom. The molecule has 4 rings (SSSR count). The predicted molar refractivity (Wildman–Crippen MR) is 119 cm³/mol. The second-order valence-electron chi connectivity index (χ2n) is 12.5. The number of hydrogen-bond donors (Lipinski definition) is 2. The SMILES string of the molecule is C=C(CC1CC2CCC1C2)C(=O)OC1CC2CC1C(CC(O)(C(F)(F)F)C(F)(F)F)C2CC(O)(C(F)(F)F)C(F)(F)F. The van der Waals surface area contributed by atoms with Gasteiger partial charge in [-0.2, -0.15) is 52.7 Å². The minimum absolute atomic E-state index is 0.00553. The lowest BCUT2D eigenvalue weighted by Gasteiger charge is -2.44. The normalized spacial score (nSPS) is 33.9. The van der Waals surface area contributed by atoms with E-state index in [1.54, 1.807) is 0 Å². The van der Waals surface area contributed by atoms with Gasteiger partial charge in [-0.05, 0) is 92.8 Å². The van der Waals surface area contributed by atoms with E-state index in [4.69, 9.17) is 4.74 Å². The molecule has 4 saturated carbocycles. The van der Waals surface area contributed by atoms with Gasteiger partial charge in [0.2, 0.25) is 0 Å². The average Bonchev–Trinajstić information content (AvgIpc) is 3.58. The summed E-state index contributed by atoms with van der Waals surface area (Å²) >= 11 is 0. The maximum absolute atomic E-state index is 13.5. The summed E-state index contributed by atoms with van der Waals surface area (Å²) in [5.41, 5.74) is -10.9. The van der Waals surface area contributed by atoms with E-state index in [1.807, 2.05) is 0 Å². The monoisotopic (exact) mass is 634 g/mol. The highest BCUT2D eigenvalue weighted by Gasteiger charge is 2.75. The molecule has 0 spiro atoms. The number of halogens is 12. The first kappa shape index (κ1) is 33.2. The van der Waals surface area contributed by atoms with E-state index in [1.165, 1.54) is 0 Å². The molecule has 242 valence electrons. The zero-order chi connectivity index (χ0) is 31.8. The summed E-state index contributed by atoms with van der Waals surface area (Å²) in [4.78, 5) is 12.8. The number of aliphatic hydroxyl groups is 2. The molecule has 0 heterocycles. The molecule has 0 aromatic heterocycles. The zero-order valence-electron chi connectivity index (χ0n) is 21.9. The maximum atomic E-state index is 13.5. The molecule has 4 aliphatic carbocycles. The van der Waals surface area contributed by atoms with Crippen LogP contribution in [0.2, 0.25) is 0 Å². The smallest absolute Gasteiger partial charge is 0.426 e. The van der Waals surface area contributed by atoms with Crippen molar-refractivity contribution >= 4 is 5.97 Å². The third-order valence-corrected chi connectivity index (χ3v) is 10.2. The summed E-state index contributed by atoms with van der Waals surface area (Å²) in [6.45, 7) is 3.67. The van der Waals surface area contributed by atoms with Gasteiger partial charge in [-0.25, -0.2) is 4.79 Å². The first-order valence-electron chi connectivity index (χ1n) is 13.5. The molecule has 0 aromatic carbocycles. The van der Waals surface area contributed by atoms with Crippen molar-refractivity contribution in [2.75, 3.05) is 0 Å². The van der Waals surface area contributed by atoms with Gasteiger partial charge in [0.15, 0.2) is 0 Å². The number of alkyl halides is 12. The zero-order valence-corrected chi connectivity index (χ0v) is 21.9. The lowest BCUT2D eigenvalue weighted by atomic mass is 9.68. The van der Waals surface area contributed by atoms with Gasteiger partial charge in [0.25, 0.3) is 11.2 Å². The fourth-order valence-corrected chi connectivity index (χ4v) is 8.01. The van der Waals surface area contributed by atoms with Crippen LogP contribution in [0.1, 0.15) is 57.8 Å². The van der Waals surface area contributed by atoms with Crippen LogP contribution in [0.4, 0.5) is 52.7 Å². The number of rotatable bonds is 8. The molecule has 8 atom stereocenters. The lowest BCUT2D eigenvalue weighted by molar-refractivity contribution is -0.381. The van der Waals surface area contributed by atoms with Crippen LogP contribution in [0.3, 0.4) is 0 Å². The highest BCUT2D eigenvalue weighted by Crippen LogP contribution is 2.62. The molecule has 42 heavy (non-hydrogen) atoms. The van der Waals surface area contributed by atoms with Crippen molar-refractivity contribution in [1.82, 2.24) is 0 Å². The summed E-state index contributed by atoms with van der Waals surface area (Å²) in [5, 5.41) is 19.5. The van der Waals surface area contributed by atoms with Crippen molar-refractivity contribution in [3.8, 4) is 0 Å². The molecule has 0 aromatic rings. The Balaban J connectivity index is 1.59. The third kappa shape index (κ3) is 5.63. The molecule has 0 aliphatic heterocycles. The quantitative estimate of drug-likeness (QED) is 0.171. The van der Waals surface area contributed by atoms with Gasteiger partial charge in [0.05, 0.1) is 0 Å². The Morgan fingerprint density at radius 1 is 0.690 bits per heavy atom. The van der Waals surface area contributed by atoms with E-state index >= 15 is 0 Å². The van der Waals surface area contributed by atoms with Crippen molar-refractivity contribution in [3.63, 3.8) is 0 Å². The predicted octanol–water partition coefficient (Wildman–Crippen LogP) is 7.04. The van der Waals surface area contributed by atoms with Crippen molar-refractivity contribution < 1.29 is 72.4 Å². The number of ether oxygens (including phenoxy) is 1. The molecule has 4 aliphatic rings. The molecule has 16 heteroatoms. The summed E-state index contributed by atoms with van der Waals surface area (Å²) in [6.07, 6.45) is -28.4. The number of carbonyl (C=O) groups is 1. The van der Waals surface area contributed by atoms with Crippen LogP contribution in [0.5, 0.6) is 0 Å². The van der Waals surface area contributed by atoms with E-state index in [0.29, 0.717) is 11.8 Å². The van der Waals surface area contributed by atoms with Crippen molar-refractivity contribution in [1.29, 1.82) is 0 Å². The molecule has 4 bridgehead atoms. The fourth-order valence-electron chi connectivity index (χ4n) is 8.01. The van der Waals surface area contributed by atoms with Crippen LogP contribution in [0, 0.1) is 41.4 Å². The summed E-state index contributed by atoms with van der Waals surface area (Å²) in [6, 6.07) is 0. The van der Waals surface area contributed by atoms with Gasteiger partial charge in [0.1, 0.15) is 6.10 Å². The van der Waals surface area contributed by atoms with Crippen molar-refractivity contribution in [2.45, 2.75) is 99.8 Å². The molecule has 8 unspecified atom stereocenters. The molecular formula is C26H30F12O4. The standard InChI is InChI=1S/C26H30F12O4/c1-11(4-14-6-12-2-3-13(14)5-12)20(39)42-19-8-15-7-16(19)18(10-22(41,25(33,34)35)26(36,37)38)17(15)9-21(40,23(27,28)29)24(30,31)32/h12-19,40-41H,1-10H2. The Kier molecular flexibility index (Phi) is 8.25. The molecule has 4 fully saturated rings. The van der Waals surface area contributed by atoms with Gasteiger partial charge in [0, 0.05) is 5.57 Å². The van der Waals surface area contributed by atoms with E-state index in [0.717, 1.165) is 25.7 Å². The van der Waals surface area contributed by atoms with E-state index < -0.39 is 97.3 Å². The largest absolute Gasteiger partial charge is 0.459 e. The lowest BCUT2D eigenvalue weighted by Crippen LogP contribution is -2.61. The first-order valence-corrected chi connectivity index (χ1v) is 13.5. The third-order valence-electron chi connectivity index (χ3n) is 10.2. The maximum Gasteiger partial charge on any atom is 0.426 e. The molecular weight excluding hydrogens is 604 g/mol. The van der Waals surface area contributed by atoms with Crippen LogP contribution in [-0.4, -0.2) is 58.2 Å². The molecule has 0 amide bonds. The minimum atomic E-state index is -6.40. The fraction of sp³-hybridized carbons (Fsp3) is 0.885. The molecule has 2 N–H and O–H groups in total. The van der Waals surface area contributed by atoms with Crippen LogP contribution < -0.4 is 0 Å². The highest BCUT2D eigenvalue weighted by atomic mass is 19.4. The van der Waals surface area contributed by atoms with Crippen molar-refractivity contribution in [2.24, 2.45) is 41.4 Å². The summed E-state index contributed by atoms with van der Waals surface area (Å²) in [5.74, 6) is -7.33. The summed E-state index contributed by atoms with van der Waals surface area (Å²) < 4.78 is 167. The summed E-state index contributed by atoms with van der Waals surface area (Å²) in [7, 11) is 0. The second kappa shape index (κ2) is 10.4. The first-order chi connectivity index (χ1) is 18.9. The van der Waals surface area contributed by atoms with Crippen LogP contribution in [-0.2, 0) is 9.53 Å². The van der Waals surface area contributed by atoms with Gasteiger partial charge in [-0.3, -0.25) is 0 Å². The Morgan fingerprint density at radius 2 is 1.19 bits per heavy atom. The highest BCUT2D eigenvalue weighted by molar-refractivity contribution is 5.87. The molecule has 0 radical (unpaired) electrons. The number of fused-ring (bicyclic) bond motifs is 4. The van der Waals surface area contributed by atoms with Gasteiger partial charge < -0.3 is 14.9 Å². The van der Waals surface area contributed by atoms with Gasteiger partial charge in [-0.1, -0.05) is 13.0 Å². The van der Waals surface area contributed by atoms with Crippen LogP contribution in [0.25, 0.3) is 0 Å². The second-order valence-corrected chi connectivity index (χ2v) is 12.5.